The van der Waals surface area contributed by atoms with E-state index in [2.05, 4.69) is 40.1 Å². The minimum Gasteiger partial charge on any atom is -0.353 e. The lowest BCUT2D eigenvalue weighted by molar-refractivity contribution is 0.0421. The van der Waals surface area contributed by atoms with E-state index in [4.69, 9.17) is 11.7 Å². The highest BCUT2D eigenvalue weighted by Crippen LogP contribution is 2.28. The van der Waals surface area contributed by atoms with E-state index in [1.165, 1.54) is 0 Å². The van der Waals surface area contributed by atoms with Gasteiger partial charge in [-0.1, -0.05) is 12.5 Å². The Morgan fingerprint density at radius 2 is 2.20 bits per heavy atom. The second-order valence-electron chi connectivity index (χ2n) is 5.16. The van der Waals surface area contributed by atoms with Gasteiger partial charge in [0, 0.05) is 25.7 Å². The minimum absolute atomic E-state index is 0.259. The lowest BCUT2D eigenvalue weighted by Crippen LogP contribution is -2.57. The molecule has 2 heterocycles. The molecule has 0 bridgehead atoms. The SMILES string of the molecule is C#CC1CCCC2CN(/C(N=C)=C(\C#N)C=C)CCN12. The highest BCUT2D eigenvalue weighted by atomic mass is 15.3. The molecule has 0 radical (unpaired) electrons. The minimum atomic E-state index is 0.259. The van der Waals surface area contributed by atoms with Gasteiger partial charge in [-0.2, -0.15) is 5.26 Å². The number of nitriles is 1. The summed E-state index contributed by atoms with van der Waals surface area (Å²) in [5, 5.41) is 9.14. The van der Waals surface area contributed by atoms with E-state index < -0.39 is 0 Å². The standard InChI is InChI=1S/C16H20N4/c1-4-13(11-17)16(18-3)19-9-10-20-14(5-2)7-6-8-15(20)12-19/h2,4,14-15H,1,3,6-10,12H2/b16-13-. The van der Waals surface area contributed by atoms with Gasteiger partial charge in [-0.05, 0) is 32.1 Å². The van der Waals surface area contributed by atoms with Crippen LogP contribution < -0.4 is 0 Å². The Bertz CT molecular complexity index is 506. The van der Waals surface area contributed by atoms with Gasteiger partial charge in [0.05, 0.1) is 11.6 Å². The molecule has 4 heteroatoms. The summed E-state index contributed by atoms with van der Waals surface area (Å²) in [5.41, 5.74) is 0.484. The van der Waals surface area contributed by atoms with Gasteiger partial charge < -0.3 is 4.90 Å². The number of nitrogens with zero attached hydrogens (tertiary/aromatic N) is 4. The van der Waals surface area contributed by atoms with E-state index in [1.54, 1.807) is 6.08 Å². The highest BCUT2D eigenvalue weighted by molar-refractivity contribution is 5.40. The summed E-state index contributed by atoms with van der Waals surface area (Å²) in [7, 11) is 0. The molecule has 0 aromatic carbocycles. The molecule has 0 saturated carbocycles. The van der Waals surface area contributed by atoms with Crippen LogP contribution in [-0.2, 0) is 0 Å². The van der Waals surface area contributed by atoms with Crippen molar-refractivity contribution in [1.82, 2.24) is 9.80 Å². The molecule has 4 nitrogen and oxygen atoms in total. The summed E-state index contributed by atoms with van der Waals surface area (Å²) in [6, 6.07) is 2.84. The maximum Gasteiger partial charge on any atom is 0.145 e. The van der Waals surface area contributed by atoms with Crippen molar-refractivity contribution in [1.29, 1.82) is 5.26 Å². The lowest BCUT2D eigenvalue weighted by Gasteiger charge is -2.47. The Balaban J connectivity index is 2.18. The number of terminal acetylenes is 1. The third kappa shape index (κ3) is 2.61. The number of aliphatic imine (C=N–C) groups is 1. The Hall–Kier alpha value is -2.04. The highest BCUT2D eigenvalue weighted by Gasteiger charge is 2.34. The maximum atomic E-state index is 9.14. The molecule has 0 N–H and O–H groups in total. The zero-order valence-corrected chi connectivity index (χ0v) is 11.8. The Morgan fingerprint density at radius 1 is 1.40 bits per heavy atom. The fourth-order valence-corrected chi connectivity index (χ4v) is 3.16. The molecule has 2 aliphatic rings. The number of hydrogen-bond donors (Lipinski definition) is 0. The van der Waals surface area contributed by atoms with Crippen LogP contribution in [0.4, 0.5) is 0 Å². The van der Waals surface area contributed by atoms with Crippen LogP contribution in [0.15, 0.2) is 29.0 Å². The summed E-state index contributed by atoms with van der Waals surface area (Å²) in [6.07, 6.45) is 10.6. The first-order chi connectivity index (χ1) is 9.74. The van der Waals surface area contributed by atoms with Crippen molar-refractivity contribution in [3.63, 3.8) is 0 Å². The smallest absolute Gasteiger partial charge is 0.145 e. The summed E-state index contributed by atoms with van der Waals surface area (Å²) in [4.78, 5) is 8.58. The number of piperidine rings is 1. The fourth-order valence-electron chi connectivity index (χ4n) is 3.16. The van der Waals surface area contributed by atoms with Crippen LogP contribution in [0, 0.1) is 23.7 Å². The van der Waals surface area contributed by atoms with Crippen LogP contribution in [0.5, 0.6) is 0 Å². The van der Waals surface area contributed by atoms with Gasteiger partial charge in [-0.25, -0.2) is 4.99 Å². The molecule has 0 aromatic rings. The van der Waals surface area contributed by atoms with Crippen molar-refractivity contribution in [3.05, 3.63) is 24.0 Å². The molecule has 20 heavy (non-hydrogen) atoms. The molecule has 2 rings (SSSR count). The first-order valence-corrected chi connectivity index (χ1v) is 6.95. The normalized spacial score (nSPS) is 27.6. The van der Waals surface area contributed by atoms with Crippen LogP contribution in [0.1, 0.15) is 19.3 Å². The van der Waals surface area contributed by atoms with Gasteiger partial charge in [0.1, 0.15) is 11.9 Å². The van der Waals surface area contributed by atoms with Crippen LogP contribution in [-0.4, -0.2) is 48.2 Å². The molecule has 0 aliphatic carbocycles. The third-order valence-corrected chi connectivity index (χ3v) is 4.15. The van der Waals surface area contributed by atoms with E-state index in [-0.39, 0.29) is 6.04 Å². The van der Waals surface area contributed by atoms with E-state index >= 15 is 0 Å². The summed E-state index contributed by atoms with van der Waals surface area (Å²) in [5.74, 6) is 3.54. The van der Waals surface area contributed by atoms with Crippen LogP contribution in [0.25, 0.3) is 0 Å². The van der Waals surface area contributed by atoms with Gasteiger partial charge >= 0.3 is 0 Å². The summed E-state index contributed by atoms with van der Waals surface area (Å²) >= 11 is 0. The quantitative estimate of drug-likeness (QED) is 0.339. The largest absolute Gasteiger partial charge is 0.353 e. The molecule has 2 saturated heterocycles. The first-order valence-electron chi connectivity index (χ1n) is 6.95. The number of rotatable bonds is 3. The van der Waals surface area contributed by atoms with E-state index in [9.17, 15) is 0 Å². The van der Waals surface area contributed by atoms with Crippen molar-refractivity contribution in [2.75, 3.05) is 19.6 Å². The number of fused-ring (bicyclic) bond motifs is 1. The molecular formula is C16H20N4. The molecule has 104 valence electrons. The summed E-state index contributed by atoms with van der Waals surface area (Å²) in [6.45, 7) is 9.85. The fraction of sp³-hybridized carbons (Fsp3) is 0.500. The van der Waals surface area contributed by atoms with Crippen LogP contribution >= 0.6 is 0 Å². The predicted molar refractivity (Wildman–Crippen MR) is 80.9 cm³/mol. The number of allylic oxidation sites excluding steroid dienone is 2. The molecule has 0 spiro atoms. The molecule has 0 aromatic heterocycles. The van der Waals surface area contributed by atoms with E-state index in [0.29, 0.717) is 17.4 Å². The van der Waals surface area contributed by atoms with E-state index in [0.717, 1.165) is 38.9 Å². The molecule has 2 fully saturated rings. The van der Waals surface area contributed by atoms with E-state index in [1.807, 2.05) is 0 Å². The monoisotopic (exact) mass is 268 g/mol. The third-order valence-electron chi connectivity index (χ3n) is 4.15. The van der Waals surface area contributed by atoms with Crippen molar-refractivity contribution >= 4 is 6.72 Å². The number of piperazine rings is 1. The van der Waals surface area contributed by atoms with Gasteiger partial charge in [0.25, 0.3) is 0 Å². The van der Waals surface area contributed by atoms with Gasteiger partial charge in [-0.15, -0.1) is 6.42 Å². The molecule has 2 atom stereocenters. The molecule has 2 aliphatic heterocycles. The topological polar surface area (TPSA) is 42.6 Å². The van der Waals surface area contributed by atoms with Gasteiger partial charge in [0.2, 0.25) is 0 Å². The van der Waals surface area contributed by atoms with Gasteiger partial charge in [-0.3, -0.25) is 4.90 Å². The molecular weight excluding hydrogens is 248 g/mol. The van der Waals surface area contributed by atoms with Crippen molar-refractivity contribution in [2.24, 2.45) is 4.99 Å². The predicted octanol–water partition coefficient (Wildman–Crippen LogP) is 1.78. The van der Waals surface area contributed by atoms with Crippen molar-refractivity contribution in [3.8, 4) is 18.4 Å². The molecule has 0 amide bonds. The zero-order chi connectivity index (χ0) is 14.5. The second kappa shape index (κ2) is 6.41. The maximum absolute atomic E-state index is 9.14. The zero-order valence-electron chi connectivity index (χ0n) is 11.8. The van der Waals surface area contributed by atoms with Gasteiger partial charge in [0.15, 0.2) is 0 Å². The van der Waals surface area contributed by atoms with Crippen LogP contribution in [0.2, 0.25) is 0 Å². The second-order valence-corrected chi connectivity index (χ2v) is 5.16. The lowest BCUT2D eigenvalue weighted by atomic mass is 9.93. The van der Waals surface area contributed by atoms with Crippen LogP contribution in [0.3, 0.4) is 0 Å². The van der Waals surface area contributed by atoms with Crippen molar-refractivity contribution in [2.45, 2.75) is 31.3 Å². The Morgan fingerprint density at radius 3 is 2.80 bits per heavy atom. The Labute approximate surface area is 121 Å². The average molecular weight is 268 g/mol. The first kappa shape index (κ1) is 14.4. The number of hydrogen-bond acceptors (Lipinski definition) is 4. The Kier molecular flexibility index (Phi) is 4.61. The molecule has 2 unspecified atom stereocenters. The average Bonchev–Trinajstić information content (AvgIpc) is 2.51. The van der Waals surface area contributed by atoms with Crippen molar-refractivity contribution < 1.29 is 0 Å². The summed E-state index contributed by atoms with van der Waals surface area (Å²) < 4.78 is 0.